The standard InChI is InChI=1S/C29H33Cl2N3O4S/c1-21(2)18-32-29(36)27(16-22-10-6-4-7-11-22)33(19-23-14-15-24(30)17-26(23)31)28(35)20-34(39(3,37)38)25-12-8-5-9-13-25/h4-15,17,21,27H,16,18-20H2,1-3H3,(H,32,36)/t27-/m0/s1. The molecule has 0 spiro atoms. The Hall–Kier alpha value is -3.07. The third kappa shape index (κ3) is 8.98. The van der Waals surface area contributed by atoms with E-state index in [1.807, 2.05) is 44.2 Å². The van der Waals surface area contributed by atoms with Crippen LogP contribution in [0.4, 0.5) is 5.69 Å². The van der Waals surface area contributed by atoms with Gasteiger partial charge in [-0.25, -0.2) is 8.42 Å². The van der Waals surface area contributed by atoms with Crippen LogP contribution in [0.5, 0.6) is 0 Å². The second kappa shape index (κ2) is 13.8. The molecule has 0 fully saturated rings. The molecule has 3 aromatic carbocycles. The van der Waals surface area contributed by atoms with Gasteiger partial charge in [0.1, 0.15) is 12.6 Å². The average Bonchev–Trinajstić information content (AvgIpc) is 2.89. The van der Waals surface area contributed by atoms with Crippen LogP contribution >= 0.6 is 23.2 Å². The predicted octanol–water partition coefficient (Wildman–Crippen LogP) is 5.17. The van der Waals surface area contributed by atoms with Gasteiger partial charge in [-0.05, 0) is 41.3 Å². The number of hydrogen-bond donors (Lipinski definition) is 1. The molecule has 10 heteroatoms. The minimum absolute atomic E-state index is 0.0200. The Morgan fingerprint density at radius 3 is 2.10 bits per heavy atom. The van der Waals surface area contributed by atoms with Crippen molar-refractivity contribution < 1.29 is 18.0 Å². The summed E-state index contributed by atoms with van der Waals surface area (Å²) in [5.41, 5.74) is 1.78. The number of anilines is 1. The molecule has 39 heavy (non-hydrogen) atoms. The highest BCUT2D eigenvalue weighted by Gasteiger charge is 2.33. The summed E-state index contributed by atoms with van der Waals surface area (Å²) in [6.45, 7) is 3.87. The minimum Gasteiger partial charge on any atom is -0.354 e. The first kappa shape index (κ1) is 30.5. The van der Waals surface area contributed by atoms with Gasteiger partial charge < -0.3 is 10.2 Å². The lowest BCUT2D eigenvalue weighted by Gasteiger charge is -2.34. The van der Waals surface area contributed by atoms with Crippen LogP contribution in [0.25, 0.3) is 0 Å². The maximum absolute atomic E-state index is 14.0. The lowest BCUT2D eigenvalue weighted by molar-refractivity contribution is -0.140. The van der Waals surface area contributed by atoms with Crippen molar-refractivity contribution in [2.75, 3.05) is 23.7 Å². The van der Waals surface area contributed by atoms with Gasteiger partial charge in [-0.15, -0.1) is 0 Å². The Balaban J connectivity index is 2.06. The van der Waals surface area contributed by atoms with Crippen LogP contribution in [0.2, 0.25) is 10.0 Å². The average molecular weight is 591 g/mol. The minimum atomic E-state index is -3.82. The van der Waals surface area contributed by atoms with E-state index < -0.39 is 28.5 Å². The van der Waals surface area contributed by atoms with E-state index in [1.54, 1.807) is 48.5 Å². The van der Waals surface area contributed by atoms with E-state index in [1.165, 1.54) is 4.90 Å². The molecule has 1 N–H and O–H groups in total. The van der Waals surface area contributed by atoms with Gasteiger partial charge in [0, 0.05) is 29.6 Å². The van der Waals surface area contributed by atoms with Crippen LogP contribution in [0.1, 0.15) is 25.0 Å². The smallest absolute Gasteiger partial charge is 0.244 e. The highest BCUT2D eigenvalue weighted by atomic mass is 35.5. The van der Waals surface area contributed by atoms with E-state index >= 15 is 0 Å². The zero-order chi connectivity index (χ0) is 28.6. The molecule has 0 aliphatic rings. The van der Waals surface area contributed by atoms with Gasteiger partial charge in [-0.2, -0.15) is 0 Å². The van der Waals surface area contributed by atoms with Gasteiger partial charge in [-0.1, -0.05) is 91.6 Å². The maximum Gasteiger partial charge on any atom is 0.244 e. The molecule has 0 aliphatic carbocycles. The molecule has 0 aliphatic heterocycles. The fourth-order valence-corrected chi connectivity index (χ4v) is 5.34. The van der Waals surface area contributed by atoms with Crippen molar-refractivity contribution in [3.05, 3.63) is 100 Å². The number of hydrogen-bond acceptors (Lipinski definition) is 4. The van der Waals surface area contributed by atoms with Crippen LogP contribution in [0.3, 0.4) is 0 Å². The maximum atomic E-state index is 14.0. The van der Waals surface area contributed by atoms with E-state index in [-0.39, 0.29) is 24.8 Å². The molecule has 7 nitrogen and oxygen atoms in total. The quantitative estimate of drug-likeness (QED) is 0.315. The topological polar surface area (TPSA) is 86.8 Å². The molecule has 208 valence electrons. The monoisotopic (exact) mass is 589 g/mol. The summed E-state index contributed by atoms with van der Waals surface area (Å²) in [6.07, 6.45) is 1.27. The number of sulfonamides is 1. The van der Waals surface area contributed by atoms with E-state index in [9.17, 15) is 18.0 Å². The van der Waals surface area contributed by atoms with Crippen LogP contribution in [-0.4, -0.2) is 50.5 Å². The molecule has 0 heterocycles. The summed E-state index contributed by atoms with van der Waals surface area (Å²) >= 11 is 12.6. The van der Waals surface area contributed by atoms with Crippen LogP contribution in [-0.2, 0) is 32.6 Å². The van der Waals surface area contributed by atoms with E-state index in [4.69, 9.17) is 23.2 Å². The zero-order valence-electron chi connectivity index (χ0n) is 22.2. The molecule has 0 radical (unpaired) electrons. The number of nitrogens with one attached hydrogen (secondary N) is 1. The van der Waals surface area contributed by atoms with Gasteiger partial charge in [0.05, 0.1) is 11.9 Å². The Morgan fingerprint density at radius 2 is 1.54 bits per heavy atom. The molecule has 2 amide bonds. The normalized spacial score (nSPS) is 12.2. The highest BCUT2D eigenvalue weighted by molar-refractivity contribution is 7.92. The molecule has 0 bridgehead atoms. The molecule has 3 rings (SSSR count). The molecular formula is C29H33Cl2N3O4S. The lowest BCUT2D eigenvalue weighted by atomic mass is 10.0. The van der Waals surface area contributed by atoms with Crippen LogP contribution in [0, 0.1) is 5.92 Å². The Morgan fingerprint density at radius 1 is 0.923 bits per heavy atom. The number of halogens is 2. The molecule has 0 aromatic heterocycles. The number of carbonyl (C=O) groups is 2. The second-order valence-corrected chi connectivity index (χ2v) is 12.5. The first-order chi connectivity index (χ1) is 18.5. The fraction of sp³-hybridized carbons (Fsp3) is 0.310. The third-order valence-corrected chi connectivity index (χ3v) is 7.76. The van der Waals surface area contributed by atoms with Crippen molar-refractivity contribution in [1.82, 2.24) is 10.2 Å². The SMILES string of the molecule is CC(C)CNC(=O)[C@H](Cc1ccccc1)N(Cc1ccc(Cl)cc1Cl)C(=O)CN(c1ccccc1)S(C)(=O)=O. The van der Waals surface area contributed by atoms with Crippen molar-refractivity contribution in [2.24, 2.45) is 5.92 Å². The van der Waals surface area contributed by atoms with Crippen LogP contribution in [0.15, 0.2) is 78.9 Å². The van der Waals surface area contributed by atoms with Gasteiger partial charge in [0.15, 0.2) is 0 Å². The molecular weight excluding hydrogens is 557 g/mol. The van der Waals surface area contributed by atoms with Crippen molar-refractivity contribution >= 4 is 50.7 Å². The Kier molecular flexibility index (Phi) is 10.8. The van der Waals surface area contributed by atoms with E-state index in [0.29, 0.717) is 27.8 Å². The van der Waals surface area contributed by atoms with E-state index in [0.717, 1.165) is 16.1 Å². The molecule has 1 atom stereocenters. The Bertz CT molecular complexity index is 1370. The molecule has 0 saturated heterocycles. The Labute approximate surface area is 240 Å². The number of carbonyl (C=O) groups excluding carboxylic acids is 2. The zero-order valence-corrected chi connectivity index (χ0v) is 24.5. The van der Waals surface area contributed by atoms with E-state index in [2.05, 4.69) is 5.32 Å². The summed E-state index contributed by atoms with van der Waals surface area (Å²) in [4.78, 5) is 29.0. The van der Waals surface area contributed by atoms with Crippen molar-refractivity contribution in [3.63, 3.8) is 0 Å². The molecule has 0 unspecified atom stereocenters. The molecule has 0 saturated carbocycles. The first-order valence-electron chi connectivity index (χ1n) is 12.5. The number of nitrogens with zero attached hydrogens (tertiary/aromatic N) is 2. The van der Waals surface area contributed by atoms with Crippen LogP contribution < -0.4 is 9.62 Å². The number of benzene rings is 3. The third-order valence-electron chi connectivity index (χ3n) is 6.03. The second-order valence-electron chi connectivity index (χ2n) is 9.71. The summed E-state index contributed by atoms with van der Waals surface area (Å²) in [6, 6.07) is 21.7. The van der Waals surface area contributed by atoms with Gasteiger partial charge in [0.2, 0.25) is 21.8 Å². The largest absolute Gasteiger partial charge is 0.354 e. The van der Waals surface area contributed by atoms with Gasteiger partial charge in [0.25, 0.3) is 0 Å². The summed E-state index contributed by atoms with van der Waals surface area (Å²) in [7, 11) is -3.82. The summed E-state index contributed by atoms with van der Waals surface area (Å²) in [5.74, 6) is -0.687. The number of amides is 2. The number of para-hydroxylation sites is 1. The summed E-state index contributed by atoms with van der Waals surface area (Å²) < 4.78 is 26.5. The van der Waals surface area contributed by atoms with Crippen molar-refractivity contribution in [2.45, 2.75) is 32.9 Å². The van der Waals surface area contributed by atoms with Crippen molar-refractivity contribution in [1.29, 1.82) is 0 Å². The first-order valence-corrected chi connectivity index (χ1v) is 15.1. The van der Waals surface area contributed by atoms with Gasteiger partial charge in [-0.3, -0.25) is 13.9 Å². The molecule has 3 aromatic rings. The number of rotatable bonds is 12. The summed E-state index contributed by atoms with van der Waals surface area (Å²) in [5, 5.41) is 3.72. The van der Waals surface area contributed by atoms with Gasteiger partial charge >= 0.3 is 0 Å². The predicted molar refractivity (Wildman–Crippen MR) is 157 cm³/mol. The van der Waals surface area contributed by atoms with Crippen molar-refractivity contribution in [3.8, 4) is 0 Å². The highest BCUT2D eigenvalue weighted by Crippen LogP contribution is 2.25. The fourth-order valence-electron chi connectivity index (χ4n) is 4.02. The lowest BCUT2D eigenvalue weighted by Crippen LogP contribution is -2.53.